The van der Waals surface area contributed by atoms with Crippen LogP contribution in [0.2, 0.25) is 0 Å². The van der Waals surface area contributed by atoms with Crippen molar-refractivity contribution in [3.05, 3.63) is 58.9 Å². The normalized spacial score (nSPS) is 11.3. The van der Waals surface area contributed by atoms with Crippen molar-refractivity contribution < 1.29 is 32.6 Å². The number of aromatic carboxylic acids is 1. The van der Waals surface area contributed by atoms with Crippen LogP contribution in [0, 0.1) is 5.82 Å². The fourth-order valence-electron chi connectivity index (χ4n) is 2.13. The second-order valence-electron chi connectivity index (χ2n) is 5.06. The number of rotatable bonds is 5. The molecule has 8 heteroatoms. The Morgan fingerprint density at radius 1 is 1.12 bits per heavy atom. The number of benzene rings is 2. The van der Waals surface area contributed by atoms with Crippen molar-refractivity contribution >= 4 is 11.7 Å². The van der Waals surface area contributed by atoms with Crippen molar-refractivity contribution in [2.45, 2.75) is 12.6 Å². The van der Waals surface area contributed by atoms with Crippen molar-refractivity contribution in [2.75, 3.05) is 11.9 Å². The van der Waals surface area contributed by atoms with Crippen molar-refractivity contribution in [1.82, 2.24) is 0 Å². The van der Waals surface area contributed by atoms with Crippen LogP contribution >= 0.6 is 0 Å². The summed E-state index contributed by atoms with van der Waals surface area (Å²) in [6, 6.07) is 6.12. The molecule has 0 amide bonds. The number of hydrogen-bond donors (Lipinski definition) is 3. The zero-order chi connectivity index (χ0) is 17.9. The molecular weight excluding hydrogens is 330 g/mol. The fraction of sp³-hybridized carbons (Fsp3) is 0.188. The van der Waals surface area contributed by atoms with E-state index in [4.69, 9.17) is 5.11 Å². The van der Waals surface area contributed by atoms with Crippen molar-refractivity contribution in [3.63, 3.8) is 0 Å². The molecule has 24 heavy (non-hydrogen) atoms. The van der Waals surface area contributed by atoms with Gasteiger partial charge >= 0.3 is 12.1 Å². The van der Waals surface area contributed by atoms with E-state index in [1.807, 2.05) is 0 Å². The molecule has 0 bridgehead atoms. The highest BCUT2D eigenvalue weighted by Gasteiger charge is 2.31. The van der Waals surface area contributed by atoms with Gasteiger partial charge < -0.3 is 15.5 Å². The molecule has 0 spiro atoms. The van der Waals surface area contributed by atoms with Crippen molar-refractivity contribution in [2.24, 2.45) is 0 Å². The van der Waals surface area contributed by atoms with Crippen LogP contribution in [-0.2, 0) is 12.6 Å². The lowest BCUT2D eigenvalue weighted by atomic mass is 10.1. The summed E-state index contributed by atoms with van der Waals surface area (Å²) >= 11 is 0. The number of halogens is 4. The van der Waals surface area contributed by atoms with Gasteiger partial charge in [-0.1, -0.05) is 0 Å². The van der Waals surface area contributed by atoms with E-state index in [9.17, 15) is 27.5 Å². The van der Waals surface area contributed by atoms with Crippen LogP contribution < -0.4 is 5.32 Å². The van der Waals surface area contributed by atoms with Crippen LogP contribution in [0.15, 0.2) is 36.4 Å². The summed E-state index contributed by atoms with van der Waals surface area (Å²) in [4.78, 5) is 10.9. The first kappa shape index (κ1) is 17.6. The molecule has 128 valence electrons. The molecule has 4 nitrogen and oxygen atoms in total. The maximum Gasteiger partial charge on any atom is 0.416 e. The van der Waals surface area contributed by atoms with E-state index in [1.54, 1.807) is 0 Å². The van der Waals surface area contributed by atoms with Crippen LogP contribution in [0.25, 0.3) is 0 Å². The number of phenols is 1. The second-order valence-corrected chi connectivity index (χ2v) is 5.06. The zero-order valence-corrected chi connectivity index (χ0v) is 12.2. The molecule has 0 radical (unpaired) electrons. The highest BCUT2D eigenvalue weighted by atomic mass is 19.4. The van der Waals surface area contributed by atoms with Crippen LogP contribution in [-0.4, -0.2) is 22.7 Å². The minimum atomic E-state index is -4.63. The largest absolute Gasteiger partial charge is 0.507 e. The Morgan fingerprint density at radius 2 is 1.83 bits per heavy atom. The summed E-state index contributed by atoms with van der Waals surface area (Å²) in [5.41, 5.74) is -0.829. The van der Waals surface area contributed by atoms with E-state index in [-0.39, 0.29) is 24.1 Å². The number of carboxylic acid groups (broad SMARTS) is 1. The van der Waals surface area contributed by atoms with Gasteiger partial charge in [0, 0.05) is 12.2 Å². The predicted molar refractivity (Wildman–Crippen MR) is 78.7 cm³/mol. The average molecular weight is 343 g/mol. The molecule has 0 fully saturated rings. The van der Waals surface area contributed by atoms with E-state index in [2.05, 4.69) is 5.32 Å². The van der Waals surface area contributed by atoms with Gasteiger partial charge in [-0.3, -0.25) is 0 Å². The summed E-state index contributed by atoms with van der Waals surface area (Å²) in [6.07, 6.45) is -4.53. The minimum absolute atomic E-state index is 0.101. The number of carboxylic acids is 1. The first-order valence-electron chi connectivity index (χ1n) is 6.83. The number of anilines is 1. The van der Waals surface area contributed by atoms with Crippen LogP contribution in [0.1, 0.15) is 21.5 Å². The number of alkyl halides is 3. The summed E-state index contributed by atoms with van der Waals surface area (Å²) in [5.74, 6) is -2.68. The van der Waals surface area contributed by atoms with Gasteiger partial charge in [0.25, 0.3) is 0 Å². The summed E-state index contributed by atoms with van der Waals surface area (Å²) in [6.45, 7) is 0.157. The Morgan fingerprint density at radius 3 is 2.46 bits per heavy atom. The maximum absolute atomic E-state index is 13.3. The van der Waals surface area contributed by atoms with Crippen LogP contribution in [0.3, 0.4) is 0 Å². The van der Waals surface area contributed by atoms with Gasteiger partial charge in [-0.15, -0.1) is 0 Å². The van der Waals surface area contributed by atoms with E-state index in [0.29, 0.717) is 11.8 Å². The lowest BCUT2D eigenvalue weighted by molar-refractivity contribution is -0.137. The molecule has 3 N–H and O–H groups in total. The maximum atomic E-state index is 13.3. The van der Waals surface area contributed by atoms with Crippen LogP contribution in [0.4, 0.5) is 23.2 Å². The molecule has 2 rings (SSSR count). The Balaban J connectivity index is 2.06. The third-order valence-electron chi connectivity index (χ3n) is 3.25. The number of hydrogen-bond acceptors (Lipinski definition) is 3. The molecule has 0 aliphatic heterocycles. The molecule has 0 atom stereocenters. The first-order valence-corrected chi connectivity index (χ1v) is 6.83. The van der Waals surface area contributed by atoms with Gasteiger partial charge in [0.15, 0.2) is 0 Å². The van der Waals surface area contributed by atoms with E-state index in [1.165, 1.54) is 18.2 Å². The molecule has 0 saturated heterocycles. The number of nitrogens with one attached hydrogen (secondary N) is 1. The quantitative estimate of drug-likeness (QED) is 0.569. The molecule has 0 unspecified atom stereocenters. The Hall–Kier alpha value is -2.77. The summed E-state index contributed by atoms with van der Waals surface area (Å²) in [7, 11) is 0. The highest BCUT2D eigenvalue weighted by Crippen LogP contribution is 2.30. The second kappa shape index (κ2) is 6.77. The predicted octanol–water partition coefficient (Wildman–Crippen LogP) is 3.90. The highest BCUT2D eigenvalue weighted by molar-refractivity contribution is 5.91. The molecular formula is C16H13F4NO3. The Kier molecular flexibility index (Phi) is 4.96. The van der Waals surface area contributed by atoms with Gasteiger partial charge in [-0.05, 0) is 48.4 Å². The van der Waals surface area contributed by atoms with Crippen molar-refractivity contribution in [3.8, 4) is 5.75 Å². The standard InChI is InChI=1S/C16H13F4NO3/c17-11-6-9(5-10(7-11)16(18,19)20)3-4-21-12-1-2-14(22)13(8-12)15(23)24/h1-2,5-8,21-22H,3-4H2,(H,23,24). The first-order chi connectivity index (χ1) is 11.2. The van der Waals surface area contributed by atoms with Crippen LogP contribution in [0.5, 0.6) is 5.75 Å². The minimum Gasteiger partial charge on any atom is -0.507 e. The summed E-state index contributed by atoms with van der Waals surface area (Å²) < 4.78 is 51.2. The monoisotopic (exact) mass is 343 g/mol. The molecule has 0 aliphatic carbocycles. The zero-order valence-electron chi connectivity index (χ0n) is 12.2. The average Bonchev–Trinajstić information content (AvgIpc) is 2.47. The molecule has 0 aromatic heterocycles. The van der Waals surface area contributed by atoms with Gasteiger partial charge in [0.1, 0.15) is 17.1 Å². The number of aromatic hydroxyl groups is 1. The Labute approximate surface area is 134 Å². The number of carbonyl (C=O) groups is 1. The van der Waals surface area contributed by atoms with Gasteiger partial charge in [-0.25, -0.2) is 9.18 Å². The third-order valence-corrected chi connectivity index (χ3v) is 3.25. The SMILES string of the molecule is O=C(O)c1cc(NCCc2cc(F)cc(C(F)(F)F)c2)ccc1O. The fourth-order valence-corrected chi connectivity index (χ4v) is 2.13. The lowest BCUT2D eigenvalue weighted by Crippen LogP contribution is -2.09. The molecule has 2 aromatic carbocycles. The lowest BCUT2D eigenvalue weighted by Gasteiger charge is -2.11. The van der Waals surface area contributed by atoms with E-state index in [0.717, 1.165) is 12.1 Å². The summed E-state index contributed by atoms with van der Waals surface area (Å²) in [5, 5.41) is 21.1. The molecule has 0 saturated carbocycles. The van der Waals surface area contributed by atoms with Gasteiger partial charge in [0.2, 0.25) is 0 Å². The third kappa shape index (κ3) is 4.37. The van der Waals surface area contributed by atoms with Crippen molar-refractivity contribution in [1.29, 1.82) is 0 Å². The molecule has 0 heterocycles. The molecule has 2 aromatic rings. The topological polar surface area (TPSA) is 69.6 Å². The van der Waals surface area contributed by atoms with E-state index >= 15 is 0 Å². The molecule has 0 aliphatic rings. The Bertz CT molecular complexity index is 759. The van der Waals surface area contributed by atoms with E-state index < -0.39 is 29.3 Å². The smallest absolute Gasteiger partial charge is 0.416 e. The van der Waals surface area contributed by atoms with Gasteiger partial charge in [-0.2, -0.15) is 13.2 Å². The van der Waals surface area contributed by atoms with Gasteiger partial charge in [0.05, 0.1) is 5.56 Å².